The largest absolute Gasteiger partial charge is 0.354 e. The number of benzene rings is 1. The Morgan fingerprint density at radius 1 is 1.14 bits per heavy atom. The van der Waals surface area contributed by atoms with Crippen LogP contribution in [-0.4, -0.2) is 61.9 Å². The lowest BCUT2D eigenvalue weighted by molar-refractivity contribution is -0.140. The van der Waals surface area contributed by atoms with Crippen molar-refractivity contribution in [2.75, 3.05) is 26.4 Å². The van der Waals surface area contributed by atoms with Crippen LogP contribution in [0.4, 0.5) is 0 Å². The van der Waals surface area contributed by atoms with Crippen LogP contribution in [0.1, 0.15) is 32.8 Å². The van der Waals surface area contributed by atoms with Gasteiger partial charge in [0.15, 0.2) is 0 Å². The van der Waals surface area contributed by atoms with Crippen molar-refractivity contribution in [3.05, 3.63) is 34.9 Å². The van der Waals surface area contributed by atoms with Crippen LogP contribution in [0.25, 0.3) is 0 Å². The molecule has 0 saturated carbocycles. The van der Waals surface area contributed by atoms with Crippen molar-refractivity contribution in [1.82, 2.24) is 14.5 Å². The van der Waals surface area contributed by atoms with E-state index in [1.807, 2.05) is 0 Å². The number of nitrogens with one attached hydrogen (secondary N) is 1. The third-order valence-electron chi connectivity index (χ3n) is 4.38. The summed E-state index contributed by atoms with van der Waals surface area (Å²) in [6.07, 6.45) is 1.87. The summed E-state index contributed by atoms with van der Waals surface area (Å²) in [6, 6.07) is 6.20. The average Bonchev–Trinajstić information content (AvgIpc) is 2.59. The number of amides is 2. The minimum Gasteiger partial charge on any atom is -0.354 e. The first kappa shape index (κ1) is 24.4. The SMILES string of the molecule is CC(C)CCNC(=O)[C@H](C)N(Cc1ccc(Cl)cc1)C(=O)CN(C)S(C)(=O)=O. The molecule has 1 rings (SSSR count). The number of carbonyl (C=O) groups is 2. The molecule has 1 atom stereocenters. The van der Waals surface area contributed by atoms with E-state index in [2.05, 4.69) is 19.2 Å². The van der Waals surface area contributed by atoms with Gasteiger partial charge in [0.1, 0.15) is 6.04 Å². The fraction of sp³-hybridized carbons (Fsp3) is 0.579. The molecule has 0 fully saturated rings. The van der Waals surface area contributed by atoms with E-state index in [1.165, 1.54) is 11.9 Å². The summed E-state index contributed by atoms with van der Waals surface area (Å²) >= 11 is 5.91. The number of hydrogen-bond acceptors (Lipinski definition) is 4. The van der Waals surface area contributed by atoms with Gasteiger partial charge in [0.2, 0.25) is 21.8 Å². The maximum absolute atomic E-state index is 12.8. The molecular weight excluding hydrogens is 402 g/mol. The third-order valence-corrected chi connectivity index (χ3v) is 5.89. The smallest absolute Gasteiger partial charge is 0.242 e. The molecule has 0 spiro atoms. The van der Waals surface area contributed by atoms with Crippen LogP contribution in [0.5, 0.6) is 0 Å². The van der Waals surface area contributed by atoms with Crippen LogP contribution in [0.2, 0.25) is 5.02 Å². The highest BCUT2D eigenvalue weighted by molar-refractivity contribution is 7.88. The molecule has 0 saturated heterocycles. The summed E-state index contributed by atoms with van der Waals surface area (Å²) in [5, 5.41) is 3.41. The summed E-state index contributed by atoms with van der Waals surface area (Å²) < 4.78 is 24.3. The van der Waals surface area contributed by atoms with E-state index in [4.69, 9.17) is 11.6 Å². The van der Waals surface area contributed by atoms with Gasteiger partial charge in [-0.05, 0) is 37.0 Å². The molecule has 0 aliphatic heterocycles. The van der Waals surface area contributed by atoms with Gasteiger partial charge in [-0.2, -0.15) is 4.31 Å². The third kappa shape index (κ3) is 8.16. The summed E-state index contributed by atoms with van der Waals surface area (Å²) in [5.74, 6) is -0.273. The molecule has 2 amide bonds. The molecule has 9 heteroatoms. The summed E-state index contributed by atoms with van der Waals surface area (Å²) in [6.45, 7) is 6.12. The Hall–Kier alpha value is -1.64. The second kappa shape index (κ2) is 10.8. The normalized spacial score (nSPS) is 12.9. The summed E-state index contributed by atoms with van der Waals surface area (Å²) in [7, 11) is -2.18. The van der Waals surface area contributed by atoms with Crippen LogP contribution in [-0.2, 0) is 26.2 Å². The number of carbonyl (C=O) groups excluding carboxylic acids is 2. The van der Waals surface area contributed by atoms with E-state index in [-0.39, 0.29) is 19.0 Å². The van der Waals surface area contributed by atoms with E-state index >= 15 is 0 Å². The van der Waals surface area contributed by atoms with E-state index in [0.717, 1.165) is 22.5 Å². The molecule has 1 aromatic rings. The highest BCUT2D eigenvalue weighted by Gasteiger charge is 2.28. The van der Waals surface area contributed by atoms with Crippen LogP contribution >= 0.6 is 11.6 Å². The highest BCUT2D eigenvalue weighted by Crippen LogP contribution is 2.14. The Balaban J connectivity index is 2.96. The quantitative estimate of drug-likeness (QED) is 0.614. The number of hydrogen-bond donors (Lipinski definition) is 1. The molecule has 7 nitrogen and oxygen atoms in total. The fourth-order valence-electron chi connectivity index (χ4n) is 2.40. The lowest BCUT2D eigenvalue weighted by atomic mass is 10.1. The zero-order valence-corrected chi connectivity index (χ0v) is 18.7. The zero-order valence-electron chi connectivity index (χ0n) is 17.1. The van der Waals surface area contributed by atoms with Gasteiger partial charge in [0.05, 0.1) is 12.8 Å². The van der Waals surface area contributed by atoms with Gasteiger partial charge in [-0.1, -0.05) is 37.6 Å². The Morgan fingerprint density at radius 3 is 2.21 bits per heavy atom. The minimum atomic E-state index is -3.51. The monoisotopic (exact) mass is 431 g/mol. The molecule has 1 aromatic carbocycles. The standard InChI is InChI=1S/C19H30ClN3O4S/c1-14(2)10-11-21-19(25)15(3)23(12-16-6-8-17(20)9-7-16)18(24)13-22(4)28(5,26)27/h6-9,14-15H,10-13H2,1-5H3,(H,21,25)/t15-/m0/s1. The van der Waals surface area contributed by atoms with E-state index in [9.17, 15) is 18.0 Å². The van der Waals surface area contributed by atoms with Crippen molar-refractivity contribution in [1.29, 1.82) is 0 Å². The molecule has 0 unspecified atom stereocenters. The maximum atomic E-state index is 12.8. The average molecular weight is 432 g/mol. The van der Waals surface area contributed by atoms with Crippen LogP contribution in [0.15, 0.2) is 24.3 Å². The van der Waals surface area contributed by atoms with Crippen molar-refractivity contribution in [3.63, 3.8) is 0 Å². The molecule has 0 radical (unpaired) electrons. The van der Waals surface area contributed by atoms with Gasteiger partial charge in [-0.15, -0.1) is 0 Å². The predicted octanol–water partition coefficient (Wildman–Crippen LogP) is 2.11. The van der Waals surface area contributed by atoms with Gasteiger partial charge < -0.3 is 10.2 Å². The molecular formula is C19H30ClN3O4S. The van der Waals surface area contributed by atoms with Crippen LogP contribution < -0.4 is 5.32 Å². The van der Waals surface area contributed by atoms with E-state index in [1.54, 1.807) is 31.2 Å². The number of nitrogens with zero attached hydrogens (tertiary/aromatic N) is 2. The van der Waals surface area contributed by atoms with Gasteiger partial charge in [-0.25, -0.2) is 8.42 Å². The fourth-order valence-corrected chi connectivity index (χ4v) is 2.87. The molecule has 0 aliphatic carbocycles. The van der Waals surface area contributed by atoms with Crippen molar-refractivity contribution in [2.45, 2.75) is 39.8 Å². The topological polar surface area (TPSA) is 86.8 Å². The molecule has 0 aromatic heterocycles. The lowest BCUT2D eigenvalue weighted by Crippen LogP contribution is -2.50. The first-order valence-corrected chi connectivity index (χ1v) is 11.4. The second-order valence-electron chi connectivity index (χ2n) is 7.32. The Kier molecular flexibility index (Phi) is 9.39. The van der Waals surface area contributed by atoms with Crippen molar-refractivity contribution < 1.29 is 18.0 Å². The van der Waals surface area contributed by atoms with Crippen molar-refractivity contribution >= 4 is 33.4 Å². The number of likely N-dealkylation sites (N-methyl/N-ethyl adjacent to an activating group) is 1. The van der Waals surface area contributed by atoms with Gasteiger partial charge in [-0.3, -0.25) is 9.59 Å². The Labute approximate surface area is 173 Å². The lowest BCUT2D eigenvalue weighted by Gasteiger charge is -2.30. The molecule has 158 valence electrons. The molecule has 0 aliphatic rings. The Bertz CT molecular complexity index is 766. The van der Waals surface area contributed by atoms with E-state index < -0.39 is 22.0 Å². The maximum Gasteiger partial charge on any atom is 0.242 e. The van der Waals surface area contributed by atoms with E-state index in [0.29, 0.717) is 17.5 Å². The number of halogens is 1. The van der Waals surface area contributed by atoms with Crippen LogP contribution in [0, 0.1) is 5.92 Å². The molecule has 28 heavy (non-hydrogen) atoms. The number of sulfonamides is 1. The zero-order chi connectivity index (χ0) is 21.5. The van der Waals surface area contributed by atoms with Gasteiger partial charge >= 0.3 is 0 Å². The summed E-state index contributed by atoms with van der Waals surface area (Å²) in [4.78, 5) is 26.7. The highest BCUT2D eigenvalue weighted by atomic mass is 35.5. The Morgan fingerprint density at radius 2 is 1.71 bits per heavy atom. The predicted molar refractivity (Wildman–Crippen MR) is 111 cm³/mol. The van der Waals surface area contributed by atoms with Crippen LogP contribution in [0.3, 0.4) is 0 Å². The number of rotatable bonds is 10. The van der Waals surface area contributed by atoms with Gasteiger partial charge in [0.25, 0.3) is 0 Å². The second-order valence-corrected chi connectivity index (χ2v) is 9.84. The van der Waals surface area contributed by atoms with Crippen molar-refractivity contribution in [2.24, 2.45) is 5.92 Å². The summed E-state index contributed by atoms with van der Waals surface area (Å²) in [5.41, 5.74) is 0.793. The molecule has 0 heterocycles. The van der Waals surface area contributed by atoms with Crippen molar-refractivity contribution in [3.8, 4) is 0 Å². The minimum absolute atomic E-state index is 0.173. The molecule has 0 bridgehead atoms. The first-order valence-electron chi connectivity index (χ1n) is 9.14. The molecule has 1 N–H and O–H groups in total. The van der Waals surface area contributed by atoms with Gasteiger partial charge in [0, 0.05) is 25.2 Å². The first-order chi connectivity index (χ1) is 12.9.